The fourth-order valence-corrected chi connectivity index (χ4v) is 6.31. The molecule has 1 heteroatoms. The third-order valence-electron chi connectivity index (χ3n) is 8.21. The van der Waals surface area contributed by atoms with Crippen LogP contribution in [0.1, 0.15) is 23.5 Å². The Labute approximate surface area is 275 Å². The molecule has 1 aromatic heterocycles. The monoisotopic (exact) mass is 583 g/mol. The Bertz CT molecular complexity index is 2850. The SMILES string of the molecule is [2H]c1c([2H])c([2H])c(-c2c([2H])c([2H])c(-c3c(C=C)c(C=C)c(-c4c(-c5ccccc5)ccc5oc6ccccc6c45)c4ccccc34)c([2H])c2[2H])c([2H])c1[2H]. The number of furan rings is 1. The number of rotatable bonds is 6. The summed E-state index contributed by atoms with van der Waals surface area (Å²) < 4.78 is 84.9. The predicted octanol–water partition coefficient (Wildman–Crippen LogP) is 12.7. The third-order valence-corrected chi connectivity index (χ3v) is 8.21. The summed E-state index contributed by atoms with van der Waals surface area (Å²) >= 11 is 0. The maximum Gasteiger partial charge on any atom is 0.136 e. The molecule has 0 unspecified atom stereocenters. The summed E-state index contributed by atoms with van der Waals surface area (Å²) in [7, 11) is 0. The lowest BCUT2D eigenvalue weighted by molar-refractivity contribution is 0.669. The maximum atomic E-state index is 9.35. The molecular formula is C44H30O. The smallest absolute Gasteiger partial charge is 0.136 e. The zero-order chi connectivity index (χ0) is 38.2. The Morgan fingerprint density at radius 3 is 1.76 bits per heavy atom. The molecule has 0 radical (unpaired) electrons. The van der Waals surface area contributed by atoms with Crippen LogP contribution in [-0.4, -0.2) is 0 Å². The first-order valence-electron chi connectivity index (χ1n) is 19.0. The highest BCUT2D eigenvalue weighted by atomic mass is 16.3. The minimum absolute atomic E-state index is 0.0166. The van der Waals surface area contributed by atoms with Crippen molar-refractivity contribution in [3.63, 3.8) is 0 Å². The van der Waals surface area contributed by atoms with Gasteiger partial charge in [0.2, 0.25) is 0 Å². The first-order valence-corrected chi connectivity index (χ1v) is 14.5. The van der Waals surface area contributed by atoms with E-state index in [1.165, 1.54) is 0 Å². The number of hydrogen-bond acceptors (Lipinski definition) is 1. The number of fused-ring (bicyclic) bond motifs is 4. The molecule has 0 aliphatic heterocycles. The highest BCUT2D eigenvalue weighted by molar-refractivity contribution is 6.22. The molecule has 0 saturated carbocycles. The van der Waals surface area contributed by atoms with Crippen LogP contribution in [0, 0.1) is 0 Å². The summed E-state index contributed by atoms with van der Waals surface area (Å²) in [5, 5.41) is 3.21. The molecule has 0 fully saturated rings. The first-order chi connectivity index (χ1) is 26.0. The lowest BCUT2D eigenvalue weighted by Gasteiger charge is -2.22. The second-order valence-electron chi connectivity index (χ2n) is 10.6. The van der Waals surface area contributed by atoms with E-state index in [-0.39, 0.29) is 11.1 Å². The van der Waals surface area contributed by atoms with Gasteiger partial charge in [-0.05, 0) is 73.0 Å². The molecule has 0 amide bonds. The fraction of sp³-hybridized carbons (Fsp3) is 0. The Kier molecular flexibility index (Phi) is 4.55. The van der Waals surface area contributed by atoms with Gasteiger partial charge in [0.15, 0.2) is 0 Å². The van der Waals surface area contributed by atoms with Crippen molar-refractivity contribution < 1.29 is 16.8 Å². The zero-order valence-corrected chi connectivity index (χ0v) is 24.1. The molecule has 0 bridgehead atoms. The summed E-state index contributed by atoms with van der Waals surface area (Å²) in [5.74, 6) is 0. The minimum Gasteiger partial charge on any atom is -0.456 e. The summed E-state index contributed by atoms with van der Waals surface area (Å²) in [6.07, 6.45) is 3.35. The largest absolute Gasteiger partial charge is 0.456 e. The van der Waals surface area contributed by atoms with Gasteiger partial charge < -0.3 is 4.42 Å². The van der Waals surface area contributed by atoms with Gasteiger partial charge in [-0.3, -0.25) is 0 Å². The van der Waals surface area contributed by atoms with Crippen LogP contribution in [0.5, 0.6) is 0 Å². The molecule has 45 heavy (non-hydrogen) atoms. The van der Waals surface area contributed by atoms with Crippen LogP contribution in [0.3, 0.4) is 0 Å². The topological polar surface area (TPSA) is 13.1 Å². The van der Waals surface area contributed by atoms with Crippen molar-refractivity contribution in [3.05, 3.63) is 170 Å². The van der Waals surface area contributed by atoms with Gasteiger partial charge in [0.05, 0.1) is 12.3 Å². The molecule has 0 saturated heterocycles. The average Bonchev–Trinajstić information content (AvgIpc) is 3.58. The Morgan fingerprint density at radius 1 is 0.467 bits per heavy atom. The highest BCUT2D eigenvalue weighted by Crippen LogP contribution is 2.49. The van der Waals surface area contributed by atoms with Crippen LogP contribution in [-0.2, 0) is 0 Å². The van der Waals surface area contributed by atoms with E-state index in [0.29, 0.717) is 27.7 Å². The van der Waals surface area contributed by atoms with E-state index in [4.69, 9.17) is 14.0 Å². The summed E-state index contributed by atoms with van der Waals surface area (Å²) in [4.78, 5) is 0. The van der Waals surface area contributed by atoms with Crippen molar-refractivity contribution in [1.29, 1.82) is 0 Å². The van der Waals surface area contributed by atoms with Crippen LogP contribution < -0.4 is 0 Å². The van der Waals surface area contributed by atoms with Gasteiger partial charge in [0, 0.05) is 16.3 Å². The number of benzene rings is 7. The van der Waals surface area contributed by atoms with Crippen molar-refractivity contribution in [2.24, 2.45) is 0 Å². The van der Waals surface area contributed by atoms with Gasteiger partial charge in [-0.1, -0.05) is 159 Å². The van der Waals surface area contributed by atoms with E-state index in [2.05, 4.69) is 13.2 Å². The van der Waals surface area contributed by atoms with Crippen molar-refractivity contribution >= 4 is 44.9 Å². The molecule has 1 nitrogen and oxygen atoms in total. The lowest BCUT2D eigenvalue weighted by Crippen LogP contribution is -1.98. The third kappa shape index (κ3) is 4.32. The summed E-state index contributed by atoms with van der Waals surface area (Å²) in [6, 6.07) is 24.5. The molecule has 0 aliphatic carbocycles. The molecule has 1 heterocycles. The van der Waals surface area contributed by atoms with Crippen molar-refractivity contribution in [2.45, 2.75) is 0 Å². The van der Waals surface area contributed by atoms with E-state index in [1.54, 1.807) is 12.2 Å². The number of para-hydroxylation sites is 1. The molecule has 0 spiro atoms. The van der Waals surface area contributed by atoms with Crippen LogP contribution in [0.4, 0.5) is 0 Å². The van der Waals surface area contributed by atoms with E-state index < -0.39 is 59.9 Å². The zero-order valence-electron chi connectivity index (χ0n) is 33.1. The quantitative estimate of drug-likeness (QED) is 0.190. The van der Waals surface area contributed by atoms with Gasteiger partial charge >= 0.3 is 0 Å². The first kappa shape index (κ1) is 18.7. The van der Waals surface area contributed by atoms with Crippen molar-refractivity contribution in [1.82, 2.24) is 0 Å². The Hall–Kier alpha value is -5.92. The van der Waals surface area contributed by atoms with Crippen LogP contribution in [0.2, 0.25) is 0 Å². The van der Waals surface area contributed by atoms with Gasteiger partial charge in [0.25, 0.3) is 0 Å². The van der Waals surface area contributed by atoms with Crippen molar-refractivity contribution in [2.75, 3.05) is 0 Å². The standard InChI is InChI=1S/C44H30O/c1-3-33-34(4-2)42(37-20-12-11-19-36(37)41(33)32-25-23-30(24-26-32)29-15-7-5-8-16-29)44-35(31-17-9-6-10-18-31)27-28-40-43(44)38-21-13-14-22-39(38)45-40/h3-28H,1-2H2/i5D,7D,8D,15D,16D,23D,24D,25D,26D. The molecule has 0 atom stereocenters. The molecule has 8 aromatic rings. The molecule has 212 valence electrons. The Morgan fingerprint density at radius 2 is 1.04 bits per heavy atom. The highest BCUT2D eigenvalue weighted by Gasteiger charge is 2.24. The Balaban J connectivity index is 1.53. The molecule has 0 N–H and O–H groups in total. The van der Waals surface area contributed by atoms with E-state index in [9.17, 15) is 2.74 Å². The fourth-order valence-electron chi connectivity index (χ4n) is 6.31. The normalized spacial score (nSPS) is 14.1. The maximum absolute atomic E-state index is 9.35. The van der Waals surface area contributed by atoms with Crippen LogP contribution >= 0.6 is 0 Å². The molecule has 8 rings (SSSR count). The molecule has 7 aromatic carbocycles. The van der Waals surface area contributed by atoms with Gasteiger partial charge in [0.1, 0.15) is 11.2 Å². The second-order valence-corrected chi connectivity index (χ2v) is 10.6. The summed E-state index contributed by atoms with van der Waals surface area (Å²) in [5.41, 5.74) is 5.84. The van der Waals surface area contributed by atoms with E-state index in [1.807, 2.05) is 91.0 Å². The van der Waals surface area contributed by atoms with Crippen molar-refractivity contribution in [3.8, 4) is 44.5 Å². The minimum atomic E-state index is -0.631. The van der Waals surface area contributed by atoms with Gasteiger partial charge in [-0.15, -0.1) is 0 Å². The molecular weight excluding hydrogens is 544 g/mol. The molecule has 0 aliphatic rings. The average molecular weight is 584 g/mol. The summed E-state index contributed by atoms with van der Waals surface area (Å²) in [6.45, 7) is 8.42. The van der Waals surface area contributed by atoms with Crippen LogP contribution in [0.25, 0.3) is 89.4 Å². The van der Waals surface area contributed by atoms with E-state index >= 15 is 0 Å². The van der Waals surface area contributed by atoms with Gasteiger partial charge in [-0.2, -0.15) is 0 Å². The van der Waals surface area contributed by atoms with Gasteiger partial charge in [-0.25, -0.2) is 0 Å². The lowest BCUT2D eigenvalue weighted by atomic mass is 9.80. The van der Waals surface area contributed by atoms with E-state index in [0.717, 1.165) is 44.0 Å². The van der Waals surface area contributed by atoms with Crippen LogP contribution in [0.15, 0.2) is 163 Å². The number of hydrogen-bond donors (Lipinski definition) is 0. The predicted molar refractivity (Wildman–Crippen MR) is 193 cm³/mol. The second kappa shape index (κ2) is 11.0.